The molecule has 0 unspecified atom stereocenters. The quantitative estimate of drug-likeness (QED) is 0.580. The molecule has 0 spiro atoms. The smallest absolute Gasteiger partial charge is 0.247 e. The Morgan fingerprint density at radius 2 is 1.93 bits per heavy atom. The highest BCUT2D eigenvalue weighted by Gasteiger charge is 2.13. The molecule has 4 rings (SSSR count). The first-order valence-electron chi connectivity index (χ1n) is 8.66. The fourth-order valence-electron chi connectivity index (χ4n) is 2.80. The van der Waals surface area contributed by atoms with E-state index in [-0.39, 0.29) is 18.3 Å². The van der Waals surface area contributed by atoms with E-state index in [1.54, 1.807) is 41.3 Å². The van der Waals surface area contributed by atoms with E-state index < -0.39 is 0 Å². The number of pyridine rings is 1. The molecule has 0 aliphatic carbocycles. The number of amides is 1. The van der Waals surface area contributed by atoms with E-state index in [1.165, 1.54) is 16.8 Å². The summed E-state index contributed by atoms with van der Waals surface area (Å²) in [4.78, 5) is 16.7. The van der Waals surface area contributed by atoms with Crippen molar-refractivity contribution in [2.45, 2.75) is 13.5 Å². The predicted octanol–water partition coefficient (Wildman–Crippen LogP) is 3.22. The van der Waals surface area contributed by atoms with E-state index in [1.807, 2.05) is 25.1 Å². The lowest BCUT2D eigenvalue weighted by Crippen LogP contribution is -2.21. The van der Waals surface area contributed by atoms with Gasteiger partial charge in [-0.15, -0.1) is 0 Å². The van der Waals surface area contributed by atoms with Crippen LogP contribution < -0.4 is 5.32 Å². The van der Waals surface area contributed by atoms with Gasteiger partial charge in [0.05, 0.1) is 11.4 Å². The second-order valence-electron chi connectivity index (χ2n) is 6.22. The molecule has 1 aromatic carbocycles. The summed E-state index contributed by atoms with van der Waals surface area (Å²) in [5, 5.41) is 11.6. The highest BCUT2D eigenvalue weighted by atomic mass is 19.1. The van der Waals surface area contributed by atoms with Gasteiger partial charge in [-0.25, -0.2) is 9.37 Å². The number of nitrogens with one attached hydrogen (secondary N) is 1. The minimum absolute atomic E-state index is 0.0354. The number of hydrogen-bond acceptors (Lipinski definition) is 4. The maximum Gasteiger partial charge on any atom is 0.247 e. The van der Waals surface area contributed by atoms with Crippen molar-refractivity contribution in [3.63, 3.8) is 0 Å². The van der Waals surface area contributed by atoms with Gasteiger partial charge in [-0.2, -0.15) is 14.9 Å². The van der Waals surface area contributed by atoms with Crippen LogP contribution in [-0.4, -0.2) is 30.5 Å². The minimum Gasteiger partial charge on any atom is -0.309 e. The fourth-order valence-corrected chi connectivity index (χ4v) is 2.80. The maximum atomic E-state index is 13.1. The van der Waals surface area contributed by atoms with Crippen molar-refractivity contribution < 1.29 is 9.18 Å². The average molecular weight is 376 g/mol. The Kier molecular flexibility index (Phi) is 4.67. The van der Waals surface area contributed by atoms with Gasteiger partial charge in [0.25, 0.3) is 0 Å². The molecule has 140 valence electrons. The third-order valence-electron chi connectivity index (χ3n) is 4.05. The Morgan fingerprint density at radius 3 is 2.68 bits per heavy atom. The number of benzene rings is 1. The summed E-state index contributed by atoms with van der Waals surface area (Å²) in [7, 11) is 0. The van der Waals surface area contributed by atoms with Crippen LogP contribution in [0.1, 0.15) is 5.69 Å². The molecule has 0 saturated carbocycles. The van der Waals surface area contributed by atoms with Crippen molar-refractivity contribution in [3.8, 4) is 17.1 Å². The lowest BCUT2D eigenvalue weighted by atomic mass is 10.1. The molecule has 4 aromatic rings. The summed E-state index contributed by atoms with van der Waals surface area (Å²) in [5.74, 6) is 0.601. The van der Waals surface area contributed by atoms with Crippen LogP contribution in [0.5, 0.6) is 0 Å². The maximum absolute atomic E-state index is 13.1. The first-order chi connectivity index (χ1) is 13.6. The van der Waals surface area contributed by atoms with E-state index in [9.17, 15) is 9.18 Å². The second kappa shape index (κ2) is 7.43. The number of anilines is 1. The average Bonchev–Trinajstić information content (AvgIpc) is 3.29. The zero-order valence-corrected chi connectivity index (χ0v) is 15.1. The third kappa shape index (κ3) is 3.80. The lowest BCUT2D eigenvalue weighted by molar-refractivity contribution is -0.116. The number of halogens is 1. The first kappa shape index (κ1) is 17.6. The van der Waals surface area contributed by atoms with E-state index in [0.29, 0.717) is 17.3 Å². The molecule has 3 heterocycles. The van der Waals surface area contributed by atoms with Gasteiger partial charge in [0.2, 0.25) is 5.91 Å². The van der Waals surface area contributed by atoms with Crippen LogP contribution in [0.3, 0.4) is 0 Å². The van der Waals surface area contributed by atoms with Crippen LogP contribution in [0.15, 0.2) is 67.0 Å². The molecule has 0 aliphatic rings. The van der Waals surface area contributed by atoms with Gasteiger partial charge in [0, 0.05) is 24.0 Å². The van der Waals surface area contributed by atoms with E-state index in [0.717, 1.165) is 11.3 Å². The van der Waals surface area contributed by atoms with Crippen molar-refractivity contribution in [2.75, 3.05) is 5.32 Å². The van der Waals surface area contributed by atoms with Gasteiger partial charge in [0.1, 0.15) is 18.2 Å². The molecule has 1 N–H and O–H groups in total. The molecule has 28 heavy (non-hydrogen) atoms. The van der Waals surface area contributed by atoms with Gasteiger partial charge in [-0.3, -0.25) is 9.48 Å². The molecule has 7 nitrogen and oxygen atoms in total. The van der Waals surface area contributed by atoms with Gasteiger partial charge >= 0.3 is 0 Å². The van der Waals surface area contributed by atoms with Gasteiger partial charge in [0.15, 0.2) is 5.82 Å². The fraction of sp³-hybridized carbons (Fsp3) is 0.100. The zero-order valence-electron chi connectivity index (χ0n) is 15.1. The lowest BCUT2D eigenvalue weighted by Gasteiger charge is -2.08. The number of aromatic nitrogens is 5. The number of hydrogen-bond donors (Lipinski definition) is 1. The van der Waals surface area contributed by atoms with Crippen LogP contribution in [-0.2, 0) is 11.3 Å². The van der Waals surface area contributed by atoms with Crippen LogP contribution in [0.2, 0.25) is 0 Å². The van der Waals surface area contributed by atoms with Gasteiger partial charge in [-0.05, 0) is 49.4 Å². The van der Waals surface area contributed by atoms with Crippen LogP contribution in [0, 0.1) is 12.7 Å². The largest absolute Gasteiger partial charge is 0.309 e. The Labute approximate surface area is 160 Å². The van der Waals surface area contributed by atoms with Gasteiger partial charge in [-0.1, -0.05) is 6.07 Å². The molecule has 1 amide bonds. The van der Waals surface area contributed by atoms with Crippen LogP contribution in [0.4, 0.5) is 10.2 Å². The van der Waals surface area contributed by atoms with E-state index in [2.05, 4.69) is 20.5 Å². The molecule has 0 aliphatic heterocycles. The summed E-state index contributed by atoms with van der Waals surface area (Å²) in [5.41, 5.74) is 2.21. The Balaban J connectivity index is 1.48. The molecule has 0 bridgehead atoms. The highest BCUT2D eigenvalue weighted by Crippen LogP contribution is 2.18. The van der Waals surface area contributed by atoms with Crippen molar-refractivity contribution in [1.82, 2.24) is 24.5 Å². The molecule has 8 heteroatoms. The molecular weight excluding hydrogens is 359 g/mol. The van der Waals surface area contributed by atoms with E-state index >= 15 is 0 Å². The highest BCUT2D eigenvalue weighted by molar-refractivity contribution is 5.90. The second-order valence-corrected chi connectivity index (χ2v) is 6.22. The molecular formula is C20H17FN6O. The summed E-state index contributed by atoms with van der Waals surface area (Å²) in [6, 6.07) is 15.1. The van der Waals surface area contributed by atoms with Gasteiger partial charge < -0.3 is 5.32 Å². The Hall–Kier alpha value is -3.81. The summed E-state index contributed by atoms with van der Waals surface area (Å²) in [6.45, 7) is 1.88. The molecule has 0 atom stereocenters. The first-order valence-corrected chi connectivity index (χ1v) is 8.66. The SMILES string of the molecule is Cc1cc(NC(=O)Cn2ccc(-c3ccc(F)cc3)n2)n(-c2ccccn2)n1. The topological polar surface area (TPSA) is 77.6 Å². The van der Waals surface area contributed by atoms with Crippen molar-refractivity contribution in [2.24, 2.45) is 0 Å². The third-order valence-corrected chi connectivity index (χ3v) is 4.05. The summed E-state index contributed by atoms with van der Waals surface area (Å²) < 4.78 is 16.2. The zero-order chi connectivity index (χ0) is 19.5. The van der Waals surface area contributed by atoms with Crippen LogP contribution in [0.25, 0.3) is 17.1 Å². The van der Waals surface area contributed by atoms with E-state index in [4.69, 9.17) is 0 Å². The Bertz CT molecular complexity index is 1100. The van der Waals surface area contributed by atoms with Crippen LogP contribution >= 0.6 is 0 Å². The van der Waals surface area contributed by atoms with Crippen molar-refractivity contribution in [1.29, 1.82) is 0 Å². The molecule has 0 fully saturated rings. The standard InChI is InChI=1S/C20H17FN6O/c1-14-12-19(27(24-14)18-4-2-3-10-22-18)23-20(28)13-26-11-9-17(25-26)15-5-7-16(21)8-6-15/h2-12H,13H2,1H3,(H,23,28). The minimum atomic E-state index is -0.303. The van der Waals surface area contributed by atoms with Crippen molar-refractivity contribution >= 4 is 11.7 Å². The number of rotatable bonds is 5. The monoisotopic (exact) mass is 376 g/mol. The number of nitrogens with zero attached hydrogens (tertiary/aromatic N) is 5. The Morgan fingerprint density at radius 1 is 1.11 bits per heavy atom. The molecule has 0 saturated heterocycles. The molecule has 3 aromatic heterocycles. The normalized spacial score (nSPS) is 10.8. The number of carbonyl (C=O) groups is 1. The summed E-state index contributed by atoms with van der Waals surface area (Å²) >= 11 is 0. The predicted molar refractivity (Wildman–Crippen MR) is 102 cm³/mol. The molecule has 0 radical (unpaired) electrons. The van der Waals surface area contributed by atoms with Crippen molar-refractivity contribution in [3.05, 3.63) is 78.5 Å². The number of aryl methyl sites for hydroxylation is 1. The summed E-state index contributed by atoms with van der Waals surface area (Å²) in [6.07, 6.45) is 3.37. The number of carbonyl (C=O) groups excluding carboxylic acids is 1.